The van der Waals surface area contributed by atoms with E-state index in [4.69, 9.17) is 4.74 Å². The van der Waals surface area contributed by atoms with Crippen LogP contribution in [-0.4, -0.2) is 17.5 Å². The van der Waals surface area contributed by atoms with Crippen LogP contribution in [0.25, 0.3) is 0 Å². The third kappa shape index (κ3) is 1.18. The van der Waals surface area contributed by atoms with Gasteiger partial charge >= 0.3 is 0 Å². The van der Waals surface area contributed by atoms with Crippen molar-refractivity contribution in [2.24, 2.45) is 5.92 Å². The second-order valence-corrected chi connectivity index (χ2v) is 4.48. The molecule has 2 unspecified atom stereocenters. The predicted octanol–water partition coefficient (Wildman–Crippen LogP) is 1.92. The summed E-state index contributed by atoms with van der Waals surface area (Å²) in [5.41, 5.74) is -0.0104. The van der Waals surface area contributed by atoms with E-state index in [1.807, 2.05) is 0 Å². The summed E-state index contributed by atoms with van der Waals surface area (Å²) in [4.78, 5) is 11.3. The Morgan fingerprint density at radius 2 is 2.42 bits per heavy atom. The summed E-state index contributed by atoms with van der Waals surface area (Å²) >= 11 is 0. The van der Waals surface area contributed by atoms with Gasteiger partial charge in [0, 0.05) is 6.42 Å². The summed E-state index contributed by atoms with van der Waals surface area (Å²) in [6, 6.07) is 0. The zero-order valence-corrected chi connectivity index (χ0v) is 7.80. The average Bonchev–Trinajstić information content (AvgIpc) is 2.62. The van der Waals surface area contributed by atoms with Crippen molar-refractivity contribution in [2.75, 3.05) is 0 Å². The van der Waals surface area contributed by atoms with Crippen LogP contribution in [0.2, 0.25) is 0 Å². The fraction of sp³-hybridized carbons (Fsp3) is 0.900. The molecule has 2 rings (SSSR count). The van der Waals surface area contributed by atoms with Crippen LogP contribution in [-0.2, 0) is 9.53 Å². The van der Waals surface area contributed by atoms with Crippen LogP contribution < -0.4 is 0 Å². The molecule has 0 N–H and O–H groups in total. The predicted molar refractivity (Wildman–Crippen MR) is 45.9 cm³/mol. The maximum atomic E-state index is 11.3. The molecule has 1 aliphatic carbocycles. The first-order chi connectivity index (χ1) is 5.64. The fourth-order valence-electron chi connectivity index (χ4n) is 2.39. The lowest BCUT2D eigenvalue weighted by Gasteiger charge is -2.17. The van der Waals surface area contributed by atoms with Gasteiger partial charge in [-0.15, -0.1) is 0 Å². The van der Waals surface area contributed by atoms with Gasteiger partial charge in [-0.2, -0.15) is 0 Å². The van der Waals surface area contributed by atoms with Crippen molar-refractivity contribution in [1.29, 1.82) is 0 Å². The summed E-state index contributed by atoms with van der Waals surface area (Å²) in [5.74, 6) is 0.975. The Hall–Kier alpha value is -0.370. The zero-order chi connectivity index (χ0) is 8.77. The lowest BCUT2D eigenvalue weighted by Crippen LogP contribution is -2.27. The van der Waals surface area contributed by atoms with E-state index in [-0.39, 0.29) is 11.7 Å². The van der Waals surface area contributed by atoms with Crippen LogP contribution in [0.3, 0.4) is 0 Å². The zero-order valence-electron chi connectivity index (χ0n) is 7.80. The van der Waals surface area contributed by atoms with E-state index in [9.17, 15) is 4.79 Å². The van der Waals surface area contributed by atoms with Crippen molar-refractivity contribution in [3.8, 4) is 0 Å². The minimum Gasteiger partial charge on any atom is -0.358 e. The Morgan fingerprint density at radius 3 is 3.08 bits per heavy atom. The number of hydrogen-bond donors (Lipinski definition) is 0. The SMILES string of the molecule is CC(C)CC12CCCC(=O)C1O2. The Kier molecular flexibility index (Phi) is 1.76. The Bertz CT molecular complexity index is 210. The summed E-state index contributed by atoms with van der Waals surface area (Å²) in [6.45, 7) is 4.37. The number of epoxide rings is 1. The van der Waals surface area contributed by atoms with E-state index in [0.29, 0.717) is 11.7 Å². The average molecular weight is 168 g/mol. The molecule has 1 aliphatic heterocycles. The lowest BCUT2D eigenvalue weighted by molar-refractivity contribution is -0.120. The molecule has 2 atom stereocenters. The van der Waals surface area contributed by atoms with Crippen molar-refractivity contribution >= 4 is 5.78 Å². The highest BCUT2D eigenvalue weighted by molar-refractivity contribution is 5.87. The first-order valence-corrected chi connectivity index (χ1v) is 4.84. The highest BCUT2D eigenvalue weighted by Gasteiger charge is 2.61. The molecule has 2 fully saturated rings. The Morgan fingerprint density at radius 1 is 1.67 bits per heavy atom. The van der Waals surface area contributed by atoms with Gasteiger partial charge in [0.05, 0.1) is 0 Å². The molecule has 2 aliphatic rings. The van der Waals surface area contributed by atoms with E-state index < -0.39 is 0 Å². The van der Waals surface area contributed by atoms with Crippen LogP contribution >= 0.6 is 0 Å². The Balaban J connectivity index is 2.01. The highest BCUT2D eigenvalue weighted by Crippen LogP contribution is 2.49. The smallest absolute Gasteiger partial charge is 0.164 e. The fourth-order valence-corrected chi connectivity index (χ4v) is 2.39. The molecule has 1 saturated heterocycles. The van der Waals surface area contributed by atoms with Gasteiger partial charge in [-0.25, -0.2) is 0 Å². The van der Waals surface area contributed by atoms with Gasteiger partial charge in [-0.05, 0) is 25.2 Å². The summed E-state index contributed by atoms with van der Waals surface area (Å²) in [7, 11) is 0. The maximum absolute atomic E-state index is 11.3. The normalized spacial score (nSPS) is 39.9. The first-order valence-electron chi connectivity index (χ1n) is 4.84. The Labute approximate surface area is 73.3 Å². The number of carbonyl (C=O) groups excluding carboxylic acids is 1. The summed E-state index contributed by atoms with van der Waals surface area (Å²) < 4.78 is 5.54. The van der Waals surface area contributed by atoms with Gasteiger partial charge in [0.15, 0.2) is 5.78 Å². The number of rotatable bonds is 2. The molecule has 2 nitrogen and oxygen atoms in total. The van der Waals surface area contributed by atoms with E-state index in [0.717, 1.165) is 25.7 Å². The standard InChI is InChI=1S/C10H16O2/c1-7(2)6-10-5-3-4-8(11)9(10)12-10/h7,9H,3-6H2,1-2H3. The molecule has 0 spiro atoms. The highest BCUT2D eigenvalue weighted by atomic mass is 16.6. The van der Waals surface area contributed by atoms with Crippen LogP contribution in [0, 0.1) is 5.92 Å². The molecule has 0 aromatic heterocycles. The number of hydrogen-bond acceptors (Lipinski definition) is 2. The topological polar surface area (TPSA) is 29.6 Å². The quantitative estimate of drug-likeness (QED) is 0.589. The van der Waals surface area contributed by atoms with Crippen molar-refractivity contribution in [1.82, 2.24) is 0 Å². The van der Waals surface area contributed by atoms with Gasteiger partial charge in [-0.1, -0.05) is 13.8 Å². The number of ether oxygens (including phenoxy) is 1. The second-order valence-electron chi connectivity index (χ2n) is 4.48. The van der Waals surface area contributed by atoms with E-state index >= 15 is 0 Å². The van der Waals surface area contributed by atoms with E-state index in [1.54, 1.807) is 0 Å². The molecule has 0 amide bonds. The molecule has 68 valence electrons. The number of ketones is 1. The van der Waals surface area contributed by atoms with Gasteiger partial charge < -0.3 is 4.74 Å². The van der Waals surface area contributed by atoms with Gasteiger partial charge in [0.25, 0.3) is 0 Å². The molecular formula is C10H16O2. The number of fused-ring (bicyclic) bond motifs is 1. The van der Waals surface area contributed by atoms with Crippen LogP contribution in [0.1, 0.15) is 39.5 Å². The molecule has 1 heterocycles. The molecule has 0 bridgehead atoms. The van der Waals surface area contributed by atoms with Crippen molar-refractivity contribution in [3.05, 3.63) is 0 Å². The lowest BCUT2D eigenvalue weighted by atomic mass is 9.83. The number of Topliss-reactive ketones (excluding diaryl/α,β-unsaturated/α-hetero) is 1. The second kappa shape index (κ2) is 2.56. The van der Waals surface area contributed by atoms with Crippen LogP contribution in [0.4, 0.5) is 0 Å². The van der Waals surface area contributed by atoms with E-state index in [2.05, 4.69) is 13.8 Å². The maximum Gasteiger partial charge on any atom is 0.164 e. The van der Waals surface area contributed by atoms with Crippen molar-refractivity contribution in [2.45, 2.75) is 51.2 Å². The van der Waals surface area contributed by atoms with Crippen molar-refractivity contribution < 1.29 is 9.53 Å². The van der Waals surface area contributed by atoms with Gasteiger partial charge in [0.1, 0.15) is 11.7 Å². The van der Waals surface area contributed by atoms with Crippen LogP contribution in [0.15, 0.2) is 0 Å². The molecule has 0 radical (unpaired) electrons. The summed E-state index contributed by atoms with van der Waals surface area (Å²) in [5, 5.41) is 0. The molecule has 12 heavy (non-hydrogen) atoms. The minimum absolute atomic E-state index is 0.0104. The molecule has 0 aromatic carbocycles. The van der Waals surface area contributed by atoms with Gasteiger partial charge in [-0.3, -0.25) is 4.79 Å². The van der Waals surface area contributed by atoms with Gasteiger partial charge in [0.2, 0.25) is 0 Å². The molecular weight excluding hydrogens is 152 g/mol. The first kappa shape index (κ1) is 8.24. The van der Waals surface area contributed by atoms with Crippen LogP contribution in [0.5, 0.6) is 0 Å². The monoisotopic (exact) mass is 168 g/mol. The van der Waals surface area contributed by atoms with Crippen molar-refractivity contribution in [3.63, 3.8) is 0 Å². The molecule has 1 saturated carbocycles. The molecule has 2 heteroatoms. The van der Waals surface area contributed by atoms with E-state index in [1.165, 1.54) is 0 Å². The summed E-state index contributed by atoms with van der Waals surface area (Å²) in [6.07, 6.45) is 3.91. The minimum atomic E-state index is -0.0198. The third-order valence-corrected chi connectivity index (χ3v) is 2.84. The largest absolute Gasteiger partial charge is 0.358 e. The number of carbonyl (C=O) groups is 1. The molecule has 0 aromatic rings. The third-order valence-electron chi connectivity index (χ3n) is 2.84.